The van der Waals surface area contributed by atoms with Crippen LogP contribution in [0.25, 0.3) is 0 Å². The normalized spacial score (nSPS) is 17.6. The van der Waals surface area contributed by atoms with Gasteiger partial charge in [0.05, 0.1) is 11.3 Å². The van der Waals surface area contributed by atoms with E-state index in [1.54, 1.807) is 0 Å². The van der Waals surface area contributed by atoms with Gasteiger partial charge in [-0.2, -0.15) is 0 Å². The minimum Gasteiger partial charge on any atom is -0.350 e. The molecule has 1 N–H and O–H groups in total. The molecule has 3 heteroatoms. The second kappa shape index (κ2) is 4.67. The van der Waals surface area contributed by atoms with Gasteiger partial charge in [-0.15, -0.1) is 0 Å². The molecule has 1 atom stereocenters. The molecule has 0 aromatic heterocycles. The number of amides is 1. The van der Waals surface area contributed by atoms with E-state index in [9.17, 15) is 4.79 Å². The van der Waals surface area contributed by atoms with Crippen molar-refractivity contribution in [1.29, 1.82) is 0 Å². The van der Waals surface area contributed by atoms with Crippen LogP contribution in [-0.4, -0.2) is 13.0 Å². The smallest absolute Gasteiger partial charge is 0.255 e. The number of anilines is 1. The fourth-order valence-electron chi connectivity index (χ4n) is 2.83. The van der Waals surface area contributed by atoms with Crippen molar-refractivity contribution in [3.05, 3.63) is 64.7 Å². The average molecular weight is 266 g/mol. The summed E-state index contributed by atoms with van der Waals surface area (Å²) in [7, 11) is 2.02. The van der Waals surface area contributed by atoms with Gasteiger partial charge >= 0.3 is 0 Å². The molecule has 0 bridgehead atoms. The molecule has 0 saturated heterocycles. The number of hydrogen-bond donors (Lipinski definition) is 1. The standard InChI is InChI=1S/C17H18N2O/c1-11-8-9-13(12(2)10-11)16-18-17(20)14-6-4-5-7-15(14)19(16)3/h4-10,16H,1-3H3,(H,18,20). The van der Waals surface area contributed by atoms with Crippen LogP contribution in [-0.2, 0) is 0 Å². The molecule has 20 heavy (non-hydrogen) atoms. The Bertz CT molecular complexity index is 678. The Labute approximate surface area is 119 Å². The maximum atomic E-state index is 12.3. The van der Waals surface area contributed by atoms with Crippen molar-refractivity contribution in [2.75, 3.05) is 11.9 Å². The zero-order valence-electron chi connectivity index (χ0n) is 12.0. The van der Waals surface area contributed by atoms with Gasteiger partial charge in [-0.05, 0) is 37.1 Å². The molecule has 1 heterocycles. The minimum absolute atomic E-state index is 0.0105. The molecular weight excluding hydrogens is 248 g/mol. The fraction of sp³-hybridized carbons (Fsp3) is 0.235. The highest BCUT2D eigenvalue weighted by Gasteiger charge is 2.29. The molecule has 2 aromatic carbocycles. The minimum atomic E-state index is -0.113. The van der Waals surface area contributed by atoms with Crippen LogP contribution in [0.5, 0.6) is 0 Å². The molecule has 3 nitrogen and oxygen atoms in total. The van der Waals surface area contributed by atoms with Crippen molar-refractivity contribution in [2.45, 2.75) is 20.0 Å². The lowest BCUT2D eigenvalue weighted by Gasteiger charge is -2.37. The molecular formula is C17H18N2O. The highest BCUT2D eigenvalue weighted by Crippen LogP contribution is 2.32. The number of carbonyl (C=O) groups excluding carboxylic acids is 1. The molecule has 1 unspecified atom stereocenters. The Hall–Kier alpha value is -2.29. The van der Waals surface area contributed by atoms with Gasteiger partial charge < -0.3 is 10.2 Å². The Kier molecular flexibility index (Phi) is 2.97. The van der Waals surface area contributed by atoms with Gasteiger partial charge in [0, 0.05) is 7.05 Å². The second-order valence-corrected chi connectivity index (χ2v) is 5.36. The van der Waals surface area contributed by atoms with E-state index in [0.717, 1.165) is 16.8 Å². The number of benzene rings is 2. The third-order valence-corrected chi connectivity index (χ3v) is 3.90. The molecule has 1 aliphatic rings. The predicted molar refractivity (Wildman–Crippen MR) is 81.0 cm³/mol. The molecule has 0 radical (unpaired) electrons. The maximum absolute atomic E-state index is 12.3. The molecule has 0 saturated carbocycles. The Morgan fingerprint density at radius 3 is 2.60 bits per heavy atom. The molecule has 2 aromatic rings. The van der Waals surface area contributed by atoms with E-state index in [-0.39, 0.29) is 12.1 Å². The van der Waals surface area contributed by atoms with Crippen LogP contribution in [0, 0.1) is 13.8 Å². The van der Waals surface area contributed by atoms with Gasteiger partial charge in [0.25, 0.3) is 5.91 Å². The summed E-state index contributed by atoms with van der Waals surface area (Å²) < 4.78 is 0. The highest BCUT2D eigenvalue weighted by molar-refractivity contribution is 6.02. The molecule has 0 aliphatic carbocycles. The van der Waals surface area contributed by atoms with Gasteiger partial charge in [-0.3, -0.25) is 4.79 Å². The topological polar surface area (TPSA) is 32.3 Å². The van der Waals surface area contributed by atoms with Crippen molar-refractivity contribution in [3.8, 4) is 0 Å². The molecule has 3 rings (SSSR count). The van der Waals surface area contributed by atoms with Gasteiger partial charge in [-0.1, -0.05) is 35.9 Å². The third-order valence-electron chi connectivity index (χ3n) is 3.90. The first-order chi connectivity index (χ1) is 9.58. The van der Waals surface area contributed by atoms with Gasteiger partial charge in [0.15, 0.2) is 0 Å². The largest absolute Gasteiger partial charge is 0.350 e. The molecule has 0 spiro atoms. The number of carbonyl (C=O) groups is 1. The van der Waals surface area contributed by atoms with Gasteiger partial charge in [-0.25, -0.2) is 0 Å². The molecule has 1 aliphatic heterocycles. The van der Waals surface area contributed by atoms with Crippen molar-refractivity contribution in [2.24, 2.45) is 0 Å². The number of nitrogens with zero attached hydrogens (tertiary/aromatic N) is 1. The summed E-state index contributed by atoms with van der Waals surface area (Å²) in [5.74, 6) is -0.0105. The SMILES string of the molecule is Cc1ccc(C2NC(=O)c3ccccc3N2C)c(C)c1. The quantitative estimate of drug-likeness (QED) is 0.859. The van der Waals surface area contributed by atoms with E-state index in [2.05, 4.69) is 42.3 Å². The Balaban J connectivity index is 2.07. The van der Waals surface area contributed by atoms with E-state index < -0.39 is 0 Å². The maximum Gasteiger partial charge on any atom is 0.255 e. The fourth-order valence-corrected chi connectivity index (χ4v) is 2.83. The highest BCUT2D eigenvalue weighted by atomic mass is 16.2. The van der Waals surface area contributed by atoms with Gasteiger partial charge in [0.2, 0.25) is 0 Å². The third kappa shape index (κ3) is 1.95. The number of aryl methyl sites for hydroxylation is 2. The van der Waals surface area contributed by atoms with Crippen molar-refractivity contribution >= 4 is 11.6 Å². The van der Waals surface area contributed by atoms with Gasteiger partial charge in [0.1, 0.15) is 6.17 Å². The second-order valence-electron chi connectivity index (χ2n) is 5.36. The van der Waals surface area contributed by atoms with E-state index in [1.165, 1.54) is 11.1 Å². The Morgan fingerprint density at radius 1 is 1.10 bits per heavy atom. The number of hydrogen-bond acceptors (Lipinski definition) is 2. The lowest BCUT2D eigenvalue weighted by molar-refractivity contribution is 0.0928. The first-order valence-corrected chi connectivity index (χ1v) is 6.78. The number of fused-ring (bicyclic) bond motifs is 1. The summed E-state index contributed by atoms with van der Waals surface area (Å²) in [5, 5.41) is 3.09. The summed E-state index contributed by atoms with van der Waals surface area (Å²) >= 11 is 0. The van der Waals surface area contributed by atoms with Crippen molar-refractivity contribution in [1.82, 2.24) is 5.32 Å². The van der Waals surface area contributed by atoms with Crippen LogP contribution in [0.2, 0.25) is 0 Å². The first-order valence-electron chi connectivity index (χ1n) is 6.78. The predicted octanol–water partition coefficient (Wildman–Crippen LogP) is 3.18. The number of para-hydroxylation sites is 1. The lowest BCUT2D eigenvalue weighted by Crippen LogP contribution is -2.44. The molecule has 1 amide bonds. The van der Waals surface area contributed by atoms with E-state index in [1.807, 2.05) is 31.3 Å². The zero-order chi connectivity index (χ0) is 14.3. The van der Waals surface area contributed by atoms with Crippen LogP contribution in [0.1, 0.15) is 33.2 Å². The van der Waals surface area contributed by atoms with Crippen LogP contribution in [0.15, 0.2) is 42.5 Å². The summed E-state index contributed by atoms with van der Waals surface area (Å²) in [5.41, 5.74) is 5.27. The van der Waals surface area contributed by atoms with Crippen molar-refractivity contribution < 1.29 is 4.79 Å². The van der Waals surface area contributed by atoms with Crippen LogP contribution >= 0.6 is 0 Å². The molecule has 0 fully saturated rings. The Morgan fingerprint density at radius 2 is 1.85 bits per heavy atom. The summed E-state index contributed by atoms with van der Waals surface area (Å²) in [6.07, 6.45) is -0.113. The van der Waals surface area contributed by atoms with E-state index in [4.69, 9.17) is 0 Å². The average Bonchev–Trinajstić information content (AvgIpc) is 2.43. The lowest BCUT2D eigenvalue weighted by atomic mass is 9.99. The molecule has 102 valence electrons. The van der Waals surface area contributed by atoms with Crippen LogP contribution in [0.4, 0.5) is 5.69 Å². The van der Waals surface area contributed by atoms with E-state index >= 15 is 0 Å². The van der Waals surface area contributed by atoms with Crippen LogP contribution < -0.4 is 10.2 Å². The first kappa shape index (κ1) is 12.7. The summed E-state index contributed by atoms with van der Waals surface area (Å²) in [6.45, 7) is 4.16. The summed E-state index contributed by atoms with van der Waals surface area (Å²) in [6, 6.07) is 14.0. The van der Waals surface area contributed by atoms with E-state index in [0.29, 0.717) is 0 Å². The number of nitrogens with one attached hydrogen (secondary N) is 1. The summed E-state index contributed by atoms with van der Waals surface area (Å²) in [4.78, 5) is 14.4. The zero-order valence-corrected chi connectivity index (χ0v) is 12.0. The number of rotatable bonds is 1. The van der Waals surface area contributed by atoms with Crippen LogP contribution in [0.3, 0.4) is 0 Å². The van der Waals surface area contributed by atoms with Crippen molar-refractivity contribution in [3.63, 3.8) is 0 Å². The monoisotopic (exact) mass is 266 g/mol.